The number of nitrogens with zero attached hydrogens (tertiary/aromatic N) is 3. The van der Waals surface area contributed by atoms with E-state index in [0.29, 0.717) is 64.2 Å². The number of amides is 1. The van der Waals surface area contributed by atoms with Gasteiger partial charge in [0.05, 0.1) is 41.2 Å². The molecule has 0 saturated heterocycles. The Kier molecular flexibility index (Phi) is 4.65. The summed E-state index contributed by atoms with van der Waals surface area (Å²) in [7, 11) is -3.53. The molecule has 1 amide bonds. The SMILES string of the molecule is CC(C)COc1ncc(N2C(=O)C3(CC3)c3c2ccc2c(NS(C)(=O)=O)noc32)cc1Cl. The van der Waals surface area contributed by atoms with E-state index in [9.17, 15) is 13.2 Å². The summed E-state index contributed by atoms with van der Waals surface area (Å²) in [5, 5.41) is 4.71. The number of fused-ring (bicyclic) bond motifs is 4. The van der Waals surface area contributed by atoms with Crippen LogP contribution < -0.4 is 14.4 Å². The van der Waals surface area contributed by atoms with Crippen LogP contribution in [0.15, 0.2) is 28.9 Å². The van der Waals surface area contributed by atoms with Crippen LogP contribution in [0.2, 0.25) is 5.02 Å². The number of carbonyl (C=O) groups excluding carboxylic acids is 1. The van der Waals surface area contributed by atoms with Gasteiger partial charge in [0, 0.05) is 5.56 Å². The van der Waals surface area contributed by atoms with Crippen molar-refractivity contribution >= 4 is 55.7 Å². The molecule has 1 N–H and O–H groups in total. The van der Waals surface area contributed by atoms with E-state index in [4.69, 9.17) is 20.9 Å². The number of benzene rings is 1. The minimum atomic E-state index is -3.53. The molecule has 0 radical (unpaired) electrons. The maximum absolute atomic E-state index is 13.5. The molecule has 11 heteroatoms. The third-order valence-corrected chi connectivity index (χ3v) is 6.42. The summed E-state index contributed by atoms with van der Waals surface area (Å²) in [6.07, 6.45) is 3.94. The van der Waals surface area contributed by atoms with Crippen LogP contribution in [0.1, 0.15) is 32.3 Å². The number of ether oxygens (including phenoxy) is 1. The maximum Gasteiger partial charge on any atom is 0.242 e. The zero-order chi connectivity index (χ0) is 22.8. The van der Waals surface area contributed by atoms with Gasteiger partial charge in [-0.05, 0) is 37.0 Å². The van der Waals surface area contributed by atoms with Crippen LogP contribution in [0.25, 0.3) is 11.0 Å². The number of carbonyl (C=O) groups is 1. The zero-order valence-corrected chi connectivity index (χ0v) is 19.2. The molecule has 3 heterocycles. The molecule has 1 aliphatic carbocycles. The van der Waals surface area contributed by atoms with Gasteiger partial charge in [-0.15, -0.1) is 0 Å². The lowest BCUT2D eigenvalue weighted by Crippen LogP contribution is -2.28. The number of aromatic nitrogens is 2. The third kappa shape index (κ3) is 3.29. The molecule has 0 unspecified atom stereocenters. The molecule has 5 rings (SSSR count). The Morgan fingerprint density at radius 1 is 1.34 bits per heavy atom. The molecule has 2 aromatic heterocycles. The number of nitrogens with one attached hydrogen (secondary N) is 1. The minimum absolute atomic E-state index is 0.0947. The Morgan fingerprint density at radius 2 is 2.09 bits per heavy atom. The first-order chi connectivity index (χ1) is 15.1. The van der Waals surface area contributed by atoms with Crippen molar-refractivity contribution in [1.29, 1.82) is 0 Å². The Morgan fingerprint density at radius 3 is 2.72 bits per heavy atom. The molecule has 1 fully saturated rings. The Labute approximate surface area is 189 Å². The Hall–Kier alpha value is -2.85. The number of rotatable bonds is 6. The summed E-state index contributed by atoms with van der Waals surface area (Å²) in [5.74, 6) is 0.645. The molecule has 32 heavy (non-hydrogen) atoms. The predicted molar refractivity (Wildman–Crippen MR) is 120 cm³/mol. The van der Waals surface area contributed by atoms with Crippen molar-refractivity contribution in [2.24, 2.45) is 5.92 Å². The van der Waals surface area contributed by atoms with Gasteiger partial charge in [-0.2, -0.15) is 0 Å². The minimum Gasteiger partial charge on any atom is -0.476 e. The van der Waals surface area contributed by atoms with Crippen LogP contribution in [0.5, 0.6) is 5.88 Å². The van der Waals surface area contributed by atoms with E-state index in [1.165, 1.54) is 0 Å². The van der Waals surface area contributed by atoms with Crippen molar-refractivity contribution in [3.8, 4) is 5.88 Å². The second-order valence-electron chi connectivity index (χ2n) is 8.65. The molecule has 1 aliphatic heterocycles. The van der Waals surface area contributed by atoms with Crippen LogP contribution in [-0.2, 0) is 20.2 Å². The summed E-state index contributed by atoms with van der Waals surface area (Å²) in [4.78, 5) is 19.4. The molecule has 168 valence electrons. The highest BCUT2D eigenvalue weighted by atomic mass is 35.5. The number of anilines is 3. The number of hydrogen-bond acceptors (Lipinski definition) is 7. The highest BCUT2D eigenvalue weighted by Gasteiger charge is 2.61. The van der Waals surface area contributed by atoms with Crippen molar-refractivity contribution in [2.45, 2.75) is 32.1 Å². The van der Waals surface area contributed by atoms with Crippen LogP contribution >= 0.6 is 11.6 Å². The summed E-state index contributed by atoms with van der Waals surface area (Å²) in [5.41, 5.74) is 1.57. The van der Waals surface area contributed by atoms with Gasteiger partial charge in [0.2, 0.25) is 21.8 Å². The topological polar surface area (TPSA) is 115 Å². The second-order valence-corrected chi connectivity index (χ2v) is 10.8. The van der Waals surface area contributed by atoms with Gasteiger partial charge >= 0.3 is 0 Å². The van der Waals surface area contributed by atoms with Crippen LogP contribution in [0, 0.1) is 5.92 Å². The predicted octanol–water partition coefficient (Wildman–Crippen LogP) is 3.99. The van der Waals surface area contributed by atoms with Gasteiger partial charge in [0.15, 0.2) is 11.4 Å². The van der Waals surface area contributed by atoms with Crippen LogP contribution in [-0.4, -0.2) is 37.3 Å². The Balaban J connectivity index is 1.59. The average Bonchev–Trinajstić information content (AvgIpc) is 3.36. The summed E-state index contributed by atoms with van der Waals surface area (Å²) < 4.78 is 36.9. The number of pyridine rings is 1. The monoisotopic (exact) mass is 476 g/mol. The average molecular weight is 477 g/mol. The van der Waals surface area contributed by atoms with Gasteiger partial charge in [-0.25, -0.2) is 13.4 Å². The lowest BCUT2D eigenvalue weighted by atomic mass is 9.96. The van der Waals surface area contributed by atoms with Crippen molar-refractivity contribution in [3.05, 3.63) is 35.0 Å². The highest BCUT2D eigenvalue weighted by molar-refractivity contribution is 7.92. The molecule has 1 spiro atoms. The van der Waals surface area contributed by atoms with Crippen molar-refractivity contribution in [2.75, 3.05) is 22.5 Å². The molecule has 0 atom stereocenters. The van der Waals surface area contributed by atoms with Crippen molar-refractivity contribution in [3.63, 3.8) is 0 Å². The summed E-state index contributed by atoms with van der Waals surface area (Å²) in [6, 6.07) is 5.12. The number of sulfonamides is 1. The quantitative estimate of drug-likeness (QED) is 0.571. The molecular weight excluding hydrogens is 456 g/mol. The first-order valence-electron chi connectivity index (χ1n) is 10.1. The Bertz CT molecular complexity index is 1360. The van der Waals surface area contributed by atoms with Gasteiger partial charge in [0.1, 0.15) is 5.02 Å². The van der Waals surface area contributed by atoms with E-state index < -0.39 is 15.4 Å². The fourth-order valence-corrected chi connectivity index (χ4v) is 4.77. The highest BCUT2D eigenvalue weighted by Crippen LogP contribution is 2.61. The standard InChI is InChI=1S/C21H21ClN4O5S/c1-11(2)10-30-19-14(22)8-12(9-23-19)26-15-5-4-13-17(16(15)21(6-7-21)20(26)27)31-24-18(13)25-32(3,28)29/h4-5,8-9,11H,6-7,10H2,1-3H3,(H,24,25). The summed E-state index contributed by atoms with van der Waals surface area (Å²) >= 11 is 6.39. The van der Waals surface area contributed by atoms with Gasteiger partial charge in [-0.3, -0.25) is 14.4 Å². The van der Waals surface area contributed by atoms with Crippen molar-refractivity contribution in [1.82, 2.24) is 10.1 Å². The number of halogens is 1. The van der Waals surface area contributed by atoms with Gasteiger partial charge in [0.25, 0.3) is 0 Å². The first kappa shape index (κ1) is 21.0. The van der Waals surface area contributed by atoms with E-state index in [0.717, 1.165) is 6.26 Å². The fraction of sp³-hybridized carbons (Fsp3) is 0.381. The normalized spacial score (nSPS) is 16.8. The second kappa shape index (κ2) is 7.08. The molecular formula is C21H21ClN4O5S. The van der Waals surface area contributed by atoms with Gasteiger partial charge < -0.3 is 9.26 Å². The molecule has 0 bridgehead atoms. The van der Waals surface area contributed by atoms with Gasteiger partial charge in [-0.1, -0.05) is 30.6 Å². The summed E-state index contributed by atoms with van der Waals surface area (Å²) in [6.45, 7) is 4.53. The lowest BCUT2D eigenvalue weighted by molar-refractivity contribution is -0.119. The van der Waals surface area contributed by atoms with E-state index in [-0.39, 0.29) is 11.7 Å². The lowest BCUT2D eigenvalue weighted by Gasteiger charge is -2.19. The molecule has 1 aromatic carbocycles. The van der Waals surface area contributed by atoms with Crippen molar-refractivity contribution < 1.29 is 22.5 Å². The largest absolute Gasteiger partial charge is 0.476 e. The number of hydrogen-bond donors (Lipinski definition) is 1. The molecule has 3 aromatic rings. The van der Waals surface area contributed by atoms with E-state index >= 15 is 0 Å². The molecule has 1 saturated carbocycles. The molecule has 2 aliphatic rings. The third-order valence-electron chi connectivity index (χ3n) is 5.59. The van der Waals surface area contributed by atoms with E-state index in [2.05, 4.69) is 14.9 Å². The zero-order valence-electron chi connectivity index (χ0n) is 17.7. The first-order valence-corrected chi connectivity index (χ1v) is 12.4. The molecule has 9 nitrogen and oxygen atoms in total. The van der Waals surface area contributed by atoms with E-state index in [1.54, 1.807) is 29.3 Å². The fourth-order valence-electron chi connectivity index (χ4n) is 4.06. The smallest absolute Gasteiger partial charge is 0.242 e. The van der Waals surface area contributed by atoms with E-state index in [1.807, 2.05) is 13.8 Å². The maximum atomic E-state index is 13.5. The van der Waals surface area contributed by atoms with Crippen LogP contribution in [0.3, 0.4) is 0 Å². The van der Waals surface area contributed by atoms with Crippen LogP contribution in [0.4, 0.5) is 17.2 Å².